The predicted molar refractivity (Wildman–Crippen MR) is 124 cm³/mol. The highest BCUT2D eigenvalue weighted by Crippen LogP contribution is 2.21. The number of carbonyl (C=O) groups is 2. The fourth-order valence-corrected chi connectivity index (χ4v) is 3.69. The number of aryl methyl sites for hydroxylation is 2. The molecule has 0 aliphatic carbocycles. The van der Waals surface area contributed by atoms with Gasteiger partial charge in [0.15, 0.2) is 0 Å². The average molecular weight is 429 g/mol. The molecule has 0 heterocycles. The van der Waals surface area contributed by atoms with E-state index in [-0.39, 0.29) is 18.2 Å². The number of amides is 2. The third kappa shape index (κ3) is 6.60. The molecule has 0 spiro atoms. The summed E-state index contributed by atoms with van der Waals surface area (Å²) in [4.78, 5) is 28.0. The molecule has 2 amide bonds. The Morgan fingerprint density at radius 2 is 1.80 bits per heavy atom. The van der Waals surface area contributed by atoms with Gasteiger partial charge < -0.3 is 10.2 Å². The number of unbranched alkanes of at least 4 members (excludes halogenated alkanes) is 1. The molecule has 1 atom stereocenters. The Balaban J connectivity index is 2.31. The number of nitrogens with zero attached hydrogens (tertiary/aromatic N) is 1. The van der Waals surface area contributed by atoms with Crippen LogP contribution in [0.3, 0.4) is 0 Å². The van der Waals surface area contributed by atoms with Crippen molar-refractivity contribution in [3.8, 4) is 0 Å². The summed E-state index contributed by atoms with van der Waals surface area (Å²) in [6, 6.07) is 13.1. The van der Waals surface area contributed by atoms with Crippen LogP contribution >= 0.6 is 11.6 Å². The van der Waals surface area contributed by atoms with Gasteiger partial charge >= 0.3 is 0 Å². The van der Waals surface area contributed by atoms with E-state index in [1.807, 2.05) is 63.2 Å². The minimum Gasteiger partial charge on any atom is -0.354 e. The molecule has 0 saturated carbocycles. The molecule has 0 fully saturated rings. The molecule has 30 heavy (non-hydrogen) atoms. The summed E-state index contributed by atoms with van der Waals surface area (Å²) in [5.41, 5.74) is 4.02. The molecule has 0 aliphatic rings. The highest BCUT2D eigenvalue weighted by atomic mass is 35.5. The number of hydrogen-bond acceptors (Lipinski definition) is 2. The summed E-state index contributed by atoms with van der Waals surface area (Å²) < 4.78 is 0. The van der Waals surface area contributed by atoms with Crippen LogP contribution in [-0.2, 0) is 22.6 Å². The zero-order valence-corrected chi connectivity index (χ0v) is 19.3. The van der Waals surface area contributed by atoms with E-state index in [9.17, 15) is 9.59 Å². The number of carbonyl (C=O) groups excluding carboxylic acids is 2. The fourth-order valence-electron chi connectivity index (χ4n) is 3.49. The Morgan fingerprint density at radius 3 is 2.47 bits per heavy atom. The zero-order chi connectivity index (χ0) is 22.1. The lowest BCUT2D eigenvalue weighted by molar-refractivity contribution is -0.140. The first-order valence-electron chi connectivity index (χ1n) is 10.7. The first-order valence-corrected chi connectivity index (χ1v) is 11.1. The molecule has 2 rings (SSSR count). The van der Waals surface area contributed by atoms with Crippen LogP contribution in [0.1, 0.15) is 55.4 Å². The number of benzene rings is 2. The van der Waals surface area contributed by atoms with Crippen LogP contribution in [0, 0.1) is 13.8 Å². The maximum atomic E-state index is 13.4. The highest BCUT2D eigenvalue weighted by Gasteiger charge is 2.29. The third-order valence-electron chi connectivity index (χ3n) is 5.36. The number of hydrogen-bond donors (Lipinski definition) is 1. The summed E-state index contributed by atoms with van der Waals surface area (Å²) in [6.45, 7) is 8.98. The third-order valence-corrected chi connectivity index (χ3v) is 5.73. The minimum atomic E-state index is -0.532. The van der Waals surface area contributed by atoms with Gasteiger partial charge in [0.2, 0.25) is 11.8 Å². The van der Waals surface area contributed by atoms with Crippen molar-refractivity contribution in [2.45, 2.75) is 66.0 Å². The summed E-state index contributed by atoms with van der Waals surface area (Å²) in [6.07, 6.45) is 2.73. The van der Waals surface area contributed by atoms with Gasteiger partial charge in [-0.1, -0.05) is 73.8 Å². The van der Waals surface area contributed by atoms with Crippen molar-refractivity contribution in [1.82, 2.24) is 10.2 Å². The summed E-state index contributed by atoms with van der Waals surface area (Å²) in [7, 11) is 0. The van der Waals surface area contributed by atoms with E-state index in [1.165, 1.54) is 0 Å². The van der Waals surface area contributed by atoms with Gasteiger partial charge in [0.1, 0.15) is 6.04 Å². The van der Waals surface area contributed by atoms with Crippen LogP contribution in [0.25, 0.3) is 0 Å². The molecular weight excluding hydrogens is 396 g/mol. The highest BCUT2D eigenvalue weighted by molar-refractivity contribution is 6.31. The second kappa shape index (κ2) is 11.8. The first-order chi connectivity index (χ1) is 14.4. The van der Waals surface area contributed by atoms with Gasteiger partial charge in [-0.3, -0.25) is 9.59 Å². The van der Waals surface area contributed by atoms with Gasteiger partial charge in [-0.25, -0.2) is 0 Å². The Kier molecular flexibility index (Phi) is 9.38. The zero-order valence-electron chi connectivity index (χ0n) is 18.5. The number of nitrogens with one attached hydrogen (secondary N) is 1. The summed E-state index contributed by atoms with van der Waals surface area (Å²) >= 11 is 6.37. The van der Waals surface area contributed by atoms with Crippen molar-refractivity contribution < 1.29 is 9.59 Å². The molecule has 2 aromatic carbocycles. The molecule has 162 valence electrons. The second-order valence-electron chi connectivity index (χ2n) is 7.79. The molecule has 1 N–H and O–H groups in total. The minimum absolute atomic E-state index is 0.0684. The van der Waals surface area contributed by atoms with Crippen LogP contribution in [0.5, 0.6) is 0 Å². The lowest BCUT2D eigenvalue weighted by atomic mass is 10.0. The van der Waals surface area contributed by atoms with E-state index in [1.54, 1.807) is 4.90 Å². The van der Waals surface area contributed by atoms with Gasteiger partial charge in [-0.2, -0.15) is 0 Å². The molecular formula is C25H33ClN2O2. The lowest BCUT2D eigenvalue weighted by Gasteiger charge is -2.31. The SMILES string of the molecule is CCCCNC(=O)C(CC)N(Cc1ccccc1Cl)C(=O)Cc1cc(C)ccc1C. The van der Waals surface area contributed by atoms with Crippen LogP contribution < -0.4 is 5.32 Å². The van der Waals surface area contributed by atoms with Crippen molar-refractivity contribution >= 4 is 23.4 Å². The summed E-state index contributed by atoms with van der Waals surface area (Å²) in [5.74, 6) is -0.173. The van der Waals surface area contributed by atoms with Crippen molar-refractivity contribution in [3.63, 3.8) is 0 Å². The maximum Gasteiger partial charge on any atom is 0.242 e. The number of halogens is 1. The Bertz CT molecular complexity index is 866. The Morgan fingerprint density at radius 1 is 1.07 bits per heavy atom. The Hall–Kier alpha value is -2.33. The van der Waals surface area contributed by atoms with Gasteiger partial charge in [-0.05, 0) is 49.4 Å². The van der Waals surface area contributed by atoms with Crippen molar-refractivity contribution in [2.24, 2.45) is 0 Å². The van der Waals surface area contributed by atoms with Gasteiger partial charge in [0.05, 0.1) is 6.42 Å². The normalized spacial score (nSPS) is 11.8. The predicted octanol–water partition coefficient (Wildman–Crippen LogP) is 5.22. The molecule has 4 nitrogen and oxygen atoms in total. The van der Waals surface area contributed by atoms with Crippen LogP contribution in [0.4, 0.5) is 0 Å². The van der Waals surface area contributed by atoms with Crippen LogP contribution in [0.15, 0.2) is 42.5 Å². The van der Waals surface area contributed by atoms with E-state index in [2.05, 4.69) is 12.2 Å². The smallest absolute Gasteiger partial charge is 0.242 e. The quantitative estimate of drug-likeness (QED) is 0.527. The van der Waals surface area contributed by atoms with Crippen molar-refractivity contribution in [3.05, 3.63) is 69.7 Å². The molecule has 0 aromatic heterocycles. The fraction of sp³-hybridized carbons (Fsp3) is 0.440. The molecule has 2 aromatic rings. The first kappa shape index (κ1) is 23.9. The molecule has 5 heteroatoms. The monoisotopic (exact) mass is 428 g/mol. The topological polar surface area (TPSA) is 49.4 Å². The van der Waals surface area contributed by atoms with E-state index in [4.69, 9.17) is 11.6 Å². The van der Waals surface area contributed by atoms with E-state index < -0.39 is 6.04 Å². The van der Waals surface area contributed by atoms with Gasteiger partial charge in [0.25, 0.3) is 0 Å². The molecule has 0 aliphatic heterocycles. The van der Waals surface area contributed by atoms with E-state index in [0.717, 1.165) is 35.1 Å². The molecule has 0 radical (unpaired) electrons. The Labute approximate surface area is 185 Å². The largest absolute Gasteiger partial charge is 0.354 e. The summed E-state index contributed by atoms with van der Waals surface area (Å²) in [5, 5.41) is 3.59. The van der Waals surface area contributed by atoms with Gasteiger partial charge in [0, 0.05) is 18.1 Å². The van der Waals surface area contributed by atoms with Crippen molar-refractivity contribution in [2.75, 3.05) is 6.54 Å². The van der Waals surface area contributed by atoms with Crippen LogP contribution in [-0.4, -0.2) is 29.3 Å². The molecule has 1 unspecified atom stereocenters. The standard InChI is InChI=1S/C25H33ClN2O2/c1-5-7-14-27-25(30)23(6-2)28(17-20-10-8-9-11-22(20)26)24(29)16-21-15-18(3)12-13-19(21)4/h8-13,15,23H,5-7,14,16-17H2,1-4H3,(H,27,30). The number of rotatable bonds is 10. The molecule has 0 saturated heterocycles. The van der Waals surface area contributed by atoms with E-state index in [0.29, 0.717) is 24.5 Å². The van der Waals surface area contributed by atoms with E-state index >= 15 is 0 Å². The maximum absolute atomic E-state index is 13.4. The average Bonchev–Trinajstić information content (AvgIpc) is 2.72. The second-order valence-corrected chi connectivity index (χ2v) is 8.20. The van der Waals surface area contributed by atoms with Crippen molar-refractivity contribution in [1.29, 1.82) is 0 Å². The lowest BCUT2D eigenvalue weighted by Crippen LogP contribution is -2.49. The van der Waals surface area contributed by atoms with Gasteiger partial charge in [-0.15, -0.1) is 0 Å². The molecule has 0 bridgehead atoms. The van der Waals surface area contributed by atoms with Crippen LogP contribution in [0.2, 0.25) is 5.02 Å².